The Hall–Kier alpha value is -1.48. The van der Waals surface area contributed by atoms with E-state index in [1.165, 1.54) is 22.5 Å². The van der Waals surface area contributed by atoms with Crippen molar-refractivity contribution in [3.8, 4) is 0 Å². The number of thiol groups is 1. The lowest BCUT2D eigenvalue weighted by molar-refractivity contribution is 0.618. The van der Waals surface area contributed by atoms with Crippen LogP contribution in [0.2, 0.25) is 0 Å². The lowest BCUT2D eigenvalue weighted by Crippen LogP contribution is -2.28. The molecule has 2 unspecified atom stereocenters. The lowest BCUT2D eigenvalue weighted by atomic mass is 9.96. The molecule has 1 aliphatic heterocycles. The van der Waals surface area contributed by atoms with Gasteiger partial charge in [0.1, 0.15) is 0 Å². The normalized spacial score (nSPS) is 19.0. The minimum absolute atomic E-state index is 0.226. The number of benzene rings is 1. The molecule has 20 heavy (non-hydrogen) atoms. The van der Waals surface area contributed by atoms with Crippen molar-refractivity contribution in [3.05, 3.63) is 59.4 Å². The number of aromatic nitrogens is 1. The smallest absolute Gasteiger partial charge is 0.0635 e. The summed E-state index contributed by atoms with van der Waals surface area (Å²) in [6, 6.07) is 13.4. The number of nitrogens with zero attached hydrogens (tertiary/aromatic N) is 1. The van der Waals surface area contributed by atoms with Crippen LogP contribution < -0.4 is 5.32 Å². The van der Waals surface area contributed by atoms with Crippen LogP contribution in [0, 0.1) is 0 Å². The molecule has 1 aromatic carbocycles. The molecule has 3 rings (SSSR count). The molecule has 0 saturated carbocycles. The third-order valence-corrected chi connectivity index (χ3v) is 4.19. The van der Waals surface area contributed by atoms with E-state index in [0.717, 1.165) is 19.3 Å². The molecular formula is C17H20N2S. The number of aryl methyl sites for hydroxylation is 1. The van der Waals surface area contributed by atoms with Gasteiger partial charge in [-0.05, 0) is 43.4 Å². The Labute approximate surface area is 126 Å². The third-order valence-electron chi connectivity index (χ3n) is 3.89. The van der Waals surface area contributed by atoms with Crippen molar-refractivity contribution in [1.29, 1.82) is 0 Å². The van der Waals surface area contributed by atoms with Gasteiger partial charge in [0.05, 0.1) is 11.4 Å². The molecule has 2 atom stereocenters. The van der Waals surface area contributed by atoms with E-state index in [-0.39, 0.29) is 5.25 Å². The SMILES string of the molecule is CC(S)c1cnc2c(c1)NC(Cc1ccccc1)CC2. The van der Waals surface area contributed by atoms with Gasteiger partial charge in [-0.25, -0.2) is 0 Å². The van der Waals surface area contributed by atoms with Gasteiger partial charge in [-0.15, -0.1) is 0 Å². The molecular weight excluding hydrogens is 264 g/mol. The van der Waals surface area contributed by atoms with Gasteiger partial charge in [-0.3, -0.25) is 4.98 Å². The number of rotatable bonds is 3. The number of hydrogen-bond donors (Lipinski definition) is 2. The van der Waals surface area contributed by atoms with Crippen LogP contribution in [0.1, 0.15) is 35.4 Å². The number of pyridine rings is 1. The molecule has 0 spiro atoms. The Morgan fingerprint density at radius 1 is 1.35 bits per heavy atom. The largest absolute Gasteiger partial charge is 0.380 e. The predicted octanol–water partition coefficient (Wildman–Crippen LogP) is 4.04. The molecule has 3 heteroatoms. The first-order valence-corrected chi connectivity index (χ1v) is 7.71. The standard InChI is InChI=1S/C17H20N2S/c1-12(20)14-10-17-16(18-11-14)8-7-15(19-17)9-13-5-3-2-4-6-13/h2-6,10-12,15,19-20H,7-9H2,1H3. The molecule has 1 N–H and O–H groups in total. The first kappa shape index (κ1) is 13.5. The highest BCUT2D eigenvalue weighted by molar-refractivity contribution is 7.80. The fourth-order valence-corrected chi connectivity index (χ4v) is 2.86. The summed E-state index contributed by atoms with van der Waals surface area (Å²) in [5.74, 6) is 0. The van der Waals surface area contributed by atoms with E-state index < -0.39 is 0 Å². The molecule has 2 aromatic rings. The van der Waals surface area contributed by atoms with Crippen molar-refractivity contribution in [2.45, 2.75) is 37.5 Å². The van der Waals surface area contributed by atoms with E-state index in [0.29, 0.717) is 6.04 Å². The molecule has 0 amide bonds. The van der Waals surface area contributed by atoms with Crippen molar-refractivity contribution >= 4 is 18.3 Å². The Morgan fingerprint density at radius 2 is 2.15 bits per heavy atom. The van der Waals surface area contributed by atoms with E-state index in [9.17, 15) is 0 Å². The van der Waals surface area contributed by atoms with Crippen LogP contribution in [-0.2, 0) is 12.8 Å². The zero-order valence-corrected chi connectivity index (χ0v) is 12.6. The Kier molecular flexibility index (Phi) is 3.97. The maximum atomic E-state index is 4.57. The van der Waals surface area contributed by atoms with Gasteiger partial charge in [0.25, 0.3) is 0 Å². The maximum absolute atomic E-state index is 4.57. The van der Waals surface area contributed by atoms with E-state index >= 15 is 0 Å². The first-order chi connectivity index (χ1) is 9.72. The van der Waals surface area contributed by atoms with Gasteiger partial charge in [0.2, 0.25) is 0 Å². The van der Waals surface area contributed by atoms with E-state index in [2.05, 4.69) is 66.3 Å². The highest BCUT2D eigenvalue weighted by Crippen LogP contribution is 2.28. The molecule has 0 fully saturated rings. The van der Waals surface area contributed by atoms with E-state index in [4.69, 9.17) is 0 Å². The molecule has 104 valence electrons. The second kappa shape index (κ2) is 5.88. The summed E-state index contributed by atoms with van der Waals surface area (Å²) in [4.78, 5) is 4.57. The average molecular weight is 284 g/mol. The van der Waals surface area contributed by atoms with E-state index in [1.807, 2.05) is 6.20 Å². The molecule has 0 bridgehead atoms. The van der Waals surface area contributed by atoms with Gasteiger partial charge >= 0.3 is 0 Å². The molecule has 0 radical (unpaired) electrons. The highest BCUT2D eigenvalue weighted by Gasteiger charge is 2.19. The second-order valence-electron chi connectivity index (χ2n) is 5.51. The van der Waals surface area contributed by atoms with Crippen molar-refractivity contribution in [3.63, 3.8) is 0 Å². The Bertz CT molecular complexity index is 581. The summed E-state index contributed by atoms with van der Waals surface area (Å²) < 4.78 is 0. The zero-order chi connectivity index (χ0) is 13.9. The van der Waals surface area contributed by atoms with Crippen LogP contribution in [0.4, 0.5) is 5.69 Å². The monoisotopic (exact) mass is 284 g/mol. The van der Waals surface area contributed by atoms with Crippen LogP contribution in [0.3, 0.4) is 0 Å². The van der Waals surface area contributed by atoms with Gasteiger partial charge in [0.15, 0.2) is 0 Å². The van der Waals surface area contributed by atoms with Crippen molar-refractivity contribution in [1.82, 2.24) is 4.98 Å². The topological polar surface area (TPSA) is 24.9 Å². The summed E-state index contributed by atoms with van der Waals surface area (Å²) in [7, 11) is 0. The predicted molar refractivity (Wildman–Crippen MR) is 87.5 cm³/mol. The number of fused-ring (bicyclic) bond motifs is 1. The van der Waals surface area contributed by atoms with Gasteiger partial charge < -0.3 is 5.32 Å². The van der Waals surface area contributed by atoms with Crippen LogP contribution in [0.25, 0.3) is 0 Å². The summed E-state index contributed by atoms with van der Waals surface area (Å²) in [5.41, 5.74) is 4.95. The van der Waals surface area contributed by atoms with Gasteiger partial charge in [-0.1, -0.05) is 30.3 Å². The first-order valence-electron chi connectivity index (χ1n) is 7.20. The molecule has 2 nitrogen and oxygen atoms in total. The second-order valence-corrected chi connectivity index (χ2v) is 6.28. The third kappa shape index (κ3) is 2.98. The van der Waals surface area contributed by atoms with Crippen molar-refractivity contribution < 1.29 is 0 Å². The fourth-order valence-electron chi connectivity index (χ4n) is 2.72. The number of anilines is 1. The van der Waals surface area contributed by atoms with Crippen LogP contribution in [0.15, 0.2) is 42.6 Å². The maximum Gasteiger partial charge on any atom is 0.0635 e. The number of nitrogens with one attached hydrogen (secondary N) is 1. The summed E-state index contributed by atoms with van der Waals surface area (Å²) in [5, 5.41) is 3.87. The Morgan fingerprint density at radius 3 is 2.90 bits per heavy atom. The van der Waals surface area contributed by atoms with Gasteiger partial charge in [0, 0.05) is 17.5 Å². The van der Waals surface area contributed by atoms with Crippen molar-refractivity contribution in [2.75, 3.05) is 5.32 Å². The zero-order valence-electron chi connectivity index (χ0n) is 11.7. The quantitative estimate of drug-likeness (QED) is 0.832. The van der Waals surface area contributed by atoms with Crippen LogP contribution in [-0.4, -0.2) is 11.0 Å². The summed E-state index contributed by atoms with van der Waals surface area (Å²) in [6.45, 7) is 2.08. The van der Waals surface area contributed by atoms with Crippen LogP contribution >= 0.6 is 12.6 Å². The minimum Gasteiger partial charge on any atom is -0.380 e. The Balaban J connectivity index is 1.75. The summed E-state index contributed by atoms with van der Waals surface area (Å²) in [6.07, 6.45) is 5.22. The van der Waals surface area contributed by atoms with E-state index in [1.54, 1.807) is 0 Å². The molecule has 1 aromatic heterocycles. The molecule has 0 saturated heterocycles. The molecule has 2 heterocycles. The summed E-state index contributed by atoms with van der Waals surface area (Å²) >= 11 is 4.49. The highest BCUT2D eigenvalue weighted by atomic mass is 32.1. The minimum atomic E-state index is 0.226. The van der Waals surface area contributed by atoms with Crippen molar-refractivity contribution in [2.24, 2.45) is 0 Å². The van der Waals surface area contributed by atoms with Gasteiger partial charge in [-0.2, -0.15) is 12.6 Å². The lowest BCUT2D eigenvalue weighted by Gasteiger charge is -2.27. The fraction of sp³-hybridized carbons (Fsp3) is 0.353. The molecule has 1 aliphatic rings. The molecule has 0 aliphatic carbocycles. The van der Waals surface area contributed by atoms with Crippen LogP contribution in [0.5, 0.6) is 0 Å². The average Bonchev–Trinajstić information content (AvgIpc) is 2.47. The number of hydrogen-bond acceptors (Lipinski definition) is 3.